The number of carbonyl (C=O) groups excluding carboxylic acids is 1. The third-order valence-electron chi connectivity index (χ3n) is 4.59. The molecular formula is C17H33N3O2. The van der Waals surface area contributed by atoms with Crippen molar-refractivity contribution in [2.45, 2.75) is 77.1 Å². The minimum Gasteiger partial charge on any atom is -0.444 e. The van der Waals surface area contributed by atoms with Crippen LogP contribution in [0.15, 0.2) is 0 Å². The molecule has 1 heterocycles. The summed E-state index contributed by atoms with van der Waals surface area (Å²) in [6.45, 7) is 10.6. The van der Waals surface area contributed by atoms with Gasteiger partial charge in [-0.3, -0.25) is 4.90 Å². The highest BCUT2D eigenvalue weighted by Crippen LogP contribution is 2.26. The molecule has 1 aliphatic heterocycles. The maximum absolute atomic E-state index is 12.2. The van der Waals surface area contributed by atoms with E-state index in [4.69, 9.17) is 4.74 Å². The van der Waals surface area contributed by atoms with Crippen LogP contribution in [0, 0.1) is 0 Å². The number of carbonyl (C=O) groups is 1. The molecule has 1 amide bonds. The first-order valence-electron chi connectivity index (χ1n) is 8.69. The van der Waals surface area contributed by atoms with Crippen molar-refractivity contribution in [2.24, 2.45) is 0 Å². The number of piperidine rings is 1. The summed E-state index contributed by atoms with van der Waals surface area (Å²) in [4.78, 5) is 16.5. The van der Waals surface area contributed by atoms with Crippen molar-refractivity contribution in [1.82, 2.24) is 15.1 Å². The number of rotatable bonds is 5. The van der Waals surface area contributed by atoms with Crippen LogP contribution in [0.1, 0.15) is 53.4 Å². The molecule has 0 aromatic rings. The van der Waals surface area contributed by atoms with Gasteiger partial charge in [0.25, 0.3) is 0 Å². The summed E-state index contributed by atoms with van der Waals surface area (Å²) in [5.41, 5.74) is -0.418. The first kappa shape index (κ1) is 17.5. The minimum atomic E-state index is -0.418. The molecule has 0 radical (unpaired) electrons. The first-order valence-corrected chi connectivity index (χ1v) is 8.69. The van der Waals surface area contributed by atoms with Gasteiger partial charge in [-0.05, 0) is 60.4 Å². The van der Waals surface area contributed by atoms with Crippen molar-refractivity contribution >= 4 is 6.09 Å². The molecule has 0 bridgehead atoms. The highest BCUT2D eigenvalue weighted by molar-refractivity contribution is 5.68. The molecule has 2 unspecified atom stereocenters. The summed E-state index contributed by atoms with van der Waals surface area (Å²) < 4.78 is 5.48. The fourth-order valence-electron chi connectivity index (χ4n) is 2.96. The molecule has 5 nitrogen and oxygen atoms in total. The predicted octanol–water partition coefficient (Wildman–Crippen LogP) is 2.46. The lowest BCUT2D eigenvalue weighted by molar-refractivity contribution is 0.0185. The number of amides is 1. The van der Waals surface area contributed by atoms with E-state index in [9.17, 15) is 4.79 Å². The summed E-state index contributed by atoms with van der Waals surface area (Å²) in [6, 6.07) is 1.72. The van der Waals surface area contributed by atoms with Gasteiger partial charge in [0.05, 0.1) is 0 Å². The van der Waals surface area contributed by atoms with Crippen molar-refractivity contribution in [1.29, 1.82) is 0 Å². The molecule has 2 aliphatic rings. The maximum atomic E-state index is 12.2. The van der Waals surface area contributed by atoms with Crippen molar-refractivity contribution in [3.8, 4) is 0 Å². The largest absolute Gasteiger partial charge is 0.444 e. The second-order valence-electron chi connectivity index (χ2n) is 7.92. The third-order valence-corrected chi connectivity index (χ3v) is 4.59. The minimum absolute atomic E-state index is 0.179. The van der Waals surface area contributed by atoms with Gasteiger partial charge in [0.2, 0.25) is 0 Å². The van der Waals surface area contributed by atoms with E-state index in [1.54, 1.807) is 0 Å². The van der Waals surface area contributed by atoms with Crippen LogP contribution in [0.2, 0.25) is 0 Å². The Morgan fingerprint density at radius 1 is 1.36 bits per heavy atom. The lowest BCUT2D eigenvalue weighted by Gasteiger charge is -2.35. The van der Waals surface area contributed by atoms with Crippen LogP contribution in [0.25, 0.3) is 0 Å². The summed E-state index contributed by atoms with van der Waals surface area (Å²) >= 11 is 0. The molecule has 1 saturated heterocycles. The van der Waals surface area contributed by atoms with Gasteiger partial charge in [-0.25, -0.2) is 4.79 Å². The highest BCUT2D eigenvalue weighted by atomic mass is 16.6. The topological polar surface area (TPSA) is 44.8 Å². The van der Waals surface area contributed by atoms with E-state index < -0.39 is 5.60 Å². The Labute approximate surface area is 135 Å². The summed E-state index contributed by atoms with van der Waals surface area (Å²) in [7, 11) is 2.22. The molecule has 0 aromatic heterocycles. The van der Waals surface area contributed by atoms with Crippen LogP contribution in [0.4, 0.5) is 4.79 Å². The van der Waals surface area contributed by atoms with Gasteiger partial charge in [0.15, 0.2) is 0 Å². The number of hydrogen-bond donors (Lipinski definition) is 1. The van der Waals surface area contributed by atoms with Crippen LogP contribution >= 0.6 is 0 Å². The van der Waals surface area contributed by atoms with Crippen molar-refractivity contribution in [3.05, 3.63) is 0 Å². The molecule has 1 N–H and O–H groups in total. The van der Waals surface area contributed by atoms with E-state index in [1.807, 2.05) is 25.7 Å². The quantitative estimate of drug-likeness (QED) is 0.847. The number of ether oxygens (including phenoxy) is 1. The van der Waals surface area contributed by atoms with E-state index in [-0.39, 0.29) is 6.09 Å². The SMILES string of the molecule is CC(CNC1CCCN(C(=O)OC(C)(C)C)C1)N(C)C1CC1. The van der Waals surface area contributed by atoms with E-state index in [0.717, 1.165) is 38.5 Å². The Morgan fingerprint density at radius 2 is 2.05 bits per heavy atom. The van der Waals surface area contributed by atoms with Crippen molar-refractivity contribution in [2.75, 3.05) is 26.7 Å². The van der Waals surface area contributed by atoms with Crippen LogP contribution in [0.5, 0.6) is 0 Å². The number of likely N-dealkylation sites (tertiary alicyclic amines) is 1. The molecule has 1 saturated carbocycles. The highest BCUT2D eigenvalue weighted by Gasteiger charge is 2.30. The zero-order valence-corrected chi connectivity index (χ0v) is 14.9. The fourth-order valence-corrected chi connectivity index (χ4v) is 2.96. The van der Waals surface area contributed by atoms with Gasteiger partial charge in [-0.15, -0.1) is 0 Å². The Kier molecular flexibility index (Phi) is 5.72. The normalized spacial score (nSPS) is 24.5. The third kappa shape index (κ3) is 5.43. The number of nitrogens with one attached hydrogen (secondary N) is 1. The molecule has 2 atom stereocenters. The molecule has 1 aliphatic carbocycles. The van der Waals surface area contributed by atoms with Crippen LogP contribution in [-0.2, 0) is 4.74 Å². The zero-order valence-electron chi connectivity index (χ0n) is 14.9. The van der Waals surface area contributed by atoms with Gasteiger partial charge in [0, 0.05) is 37.8 Å². The summed E-state index contributed by atoms with van der Waals surface area (Å²) in [5.74, 6) is 0. The van der Waals surface area contributed by atoms with E-state index in [0.29, 0.717) is 12.1 Å². The van der Waals surface area contributed by atoms with Crippen LogP contribution < -0.4 is 5.32 Å². The van der Waals surface area contributed by atoms with Crippen LogP contribution in [-0.4, -0.2) is 66.3 Å². The second kappa shape index (κ2) is 7.18. The van der Waals surface area contributed by atoms with E-state index in [1.165, 1.54) is 12.8 Å². The lowest BCUT2D eigenvalue weighted by atomic mass is 10.1. The Balaban J connectivity index is 1.74. The van der Waals surface area contributed by atoms with Crippen LogP contribution in [0.3, 0.4) is 0 Å². The monoisotopic (exact) mass is 311 g/mol. The molecule has 5 heteroatoms. The Bertz CT molecular complexity index is 377. The maximum Gasteiger partial charge on any atom is 0.410 e. The van der Waals surface area contributed by atoms with Gasteiger partial charge >= 0.3 is 6.09 Å². The van der Waals surface area contributed by atoms with Crippen molar-refractivity contribution < 1.29 is 9.53 Å². The van der Waals surface area contributed by atoms with E-state index in [2.05, 4.69) is 24.2 Å². The fraction of sp³-hybridized carbons (Fsp3) is 0.941. The summed E-state index contributed by atoms with van der Waals surface area (Å²) in [6.07, 6.45) is 4.69. The predicted molar refractivity (Wildman–Crippen MR) is 89.1 cm³/mol. The second-order valence-corrected chi connectivity index (χ2v) is 7.92. The molecule has 2 rings (SSSR count). The zero-order chi connectivity index (χ0) is 16.3. The van der Waals surface area contributed by atoms with Crippen molar-refractivity contribution in [3.63, 3.8) is 0 Å². The molecule has 2 fully saturated rings. The smallest absolute Gasteiger partial charge is 0.410 e. The average molecular weight is 311 g/mol. The van der Waals surface area contributed by atoms with Gasteiger partial charge in [-0.2, -0.15) is 0 Å². The molecule has 0 aromatic carbocycles. The lowest BCUT2D eigenvalue weighted by Crippen LogP contribution is -2.51. The number of likely N-dealkylation sites (N-methyl/N-ethyl adjacent to an activating group) is 1. The first-order chi connectivity index (χ1) is 10.3. The van der Waals surface area contributed by atoms with Gasteiger partial charge < -0.3 is 15.0 Å². The molecular weight excluding hydrogens is 278 g/mol. The Morgan fingerprint density at radius 3 is 2.64 bits per heavy atom. The van der Waals surface area contributed by atoms with Gasteiger partial charge in [-0.1, -0.05) is 0 Å². The number of hydrogen-bond acceptors (Lipinski definition) is 4. The summed E-state index contributed by atoms with van der Waals surface area (Å²) in [5, 5.41) is 3.64. The number of nitrogens with zero attached hydrogens (tertiary/aromatic N) is 2. The standard InChI is InChI=1S/C17H33N3O2/c1-13(19(5)15-8-9-15)11-18-14-7-6-10-20(12-14)16(21)22-17(2,3)4/h13-15,18H,6-12H2,1-5H3. The molecule has 128 valence electrons. The van der Waals surface area contributed by atoms with Gasteiger partial charge in [0.1, 0.15) is 5.60 Å². The Hall–Kier alpha value is -0.810. The molecule has 22 heavy (non-hydrogen) atoms. The molecule has 0 spiro atoms. The van der Waals surface area contributed by atoms with E-state index >= 15 is 0 Å². The average Bonchev–Trinajstić information content (AvgIpc) is 3.27.